The molecule has 2 heterocycles. The van der Waals surface area contributed by atoms with Crippen LogP contribution < -0.4 is 10.2 Å². The highest BCUT2D eigenvalue weighted by Crippen LogP contribution is 2.35. The second-order valence-electron chi connectivity index (χ2n) is 8.09. The molecular formula is C23H24F3N5O. The van der Waals surface area contributed by atoms with Gasteiger partial charge in [-0.15, -0.1) is 5.10 Å². The van der Waals surface area contributed by atoms with Crippen LogP contribution in [0.3, 0.4) is 0 Å². The Hall–Kier alpha value is -3.36. The molecular weight excluding hydrogens is 419 g/mol. The van der Waals surface area contributed by atoms with Gasteiger partial charge in [-0.05, 0) is 43.2 Å². The molecule has 0 aliphatic carbocycles. The van der Waals surface area contributed by atoms with Crippen molar-refractivity contribution < 1.29 is 18.0 Å². The van der Waals surface area contributed by atoms with E-state index in [1.165, 1.54) is 13.0 Å². The van der Waals surface area contributed by atoms with Crippen LogP contribution in [0.2, 0.25) is 0 Å². The number of rotatable bonds is 4. The first-order valence-electron chi connectivity index (χ1n) is 10.3. The molecule has 1 aliphatic heterocycles. The van der Waals surface area contributed by atoms with Crippen LogP contribution >= 0.6 is 0 Å². The summed E-state index contributed by atoms with van der Waals surface area (Å²) in [4.78, 5) is 15.8. The standard InChI is InChI=1S/C23H24F3N5O/c1-14-18(5-4-6-20(14)23(24,25)26)15(2)28-22-19-11-17(8-7-16(19)12-27-29-22)31-10-9-30(3)21(32)13-31/h4-8,11-12,15H,9-10,13H2,1-3H3,(H,28,29)/t15-/m1/s1. The summed E-state index contributed by atoms with van der Waals surface area (Å²) < 4.78 is 40.0. The number of nitrogens with zero attached hydrogens (tertiary/aromatic N) is 4. The van der Waals surface area contributed by atoms with Crippen LogP contribution in [-0.4, -0.2) is 47.7 Å². The second-order valence-corrected chi connectivity index (χ2v) is 8.09. The van der Waals surface area contributed by atoms with Gasteiger partial charge in [0.05, 0.1) is 24.3 Å². The summed E-state index contributed by atoms with van der Waals surface area (Å²) in [5, 5.41) is 13.1. The van der Waals surface area contributed by atoms with Gasteiger partial charge in [0.15, 0.2) is 5.82 Å². The van der Waals surface area contributed by atoms with E-state index in [0.29, 0.717) is 24.5 Å². The van der Waals surface area contributed by atoms with Gasteiger partial charge < -0.3 is 15.1 Å². The van der Waals surface area contributed by atoms with Crippen molar-refractivity contribution in [2.24, 2.45) is 0 Å². The molecule has 3 aromatic rings. The summed E-state index contributed by atoms with van der Waals surface area (Å²) in [5.74, 6) is 0.533. The number of aromatic nitrogens is 2. The lowest BCUT2D eigenvalue weighted by Gasteiger charge is -2.33. The summed E-state index contributed by atoms with van der Waals surface area (Å²) in [7, 11) is 1.79. The van der Waals surface area contributed by atoms with E-state index in [1.54, 1.807) is 31.1 Å². The molecule has 9 heteroatoms. The number of benzene rings is 2. The Morgan fingerprint density at radius 3 is 2.66 bits per heavy atom. The van der Waals surface area contributed by atoms with Crippen molar-refractivity contribution in [2.75, 3.05) is 36.9 Å². The molecule has 168 valence electrons. The molecule has 6 nitrogen and oxygen atoms in total. The van der Waals surface area contributed by atoms with Gasteiger partial charge in [0.25, 0.3) is 0 Å². The lowest BCUT2D eigenvalue weighted by atomic mass is 9.97. The van der Waals surface area contributed by atoms with Gasteiger partial charge in [0.2, 0.25) is 5.91 Å². The van der Waals surface area contributed by atoms with Gasteiger partial charge in [-0.1, -0.05) is 18.2 Å². The molecule has 1 N–H and O–H groups in total. The molecule has 4 rings (SSSR count). The molecule has 0 bridgehead atoms. The van der Waals surface area contributed by atoms with E-state index in [1.807, 2.05) is 23.1 Å². The van der Waals surface area contributed by atoms with Gasteiger partial charge in [-0.25, -0.2) is 0 Å². The zero-order valence-corrected chi connectivity index (χ0v) is 18.1. The van der Waals surface area contributed by atoms with Crippen molar-refractivity contribution >= 4 is 28.2 Å². The largest absolute Gasteiger partial charge is 0.416 e. The van der Waals surface area contributed by atoms with E-state index in [0.717, 1.165) is 29.1 Å². The van der Waals surface area contributed by atoms with E-state index in [4.69, 9.17) is 0 Å². The molecule has 1 aromatic heterocycles. The minimum atomic E-state index is -4.41. The molecule has 1 amide bonds. The second kappa shape index (κ2) is 8.29. The van der Waals surface area contributed by atoms with Gasteiger partial charge in [-0.3, -0.25) is 4.79 Å². The Labute approximate surface area is 184 Å². The zero-order chi connectivity index (χ0) is 23.0. The Morgan fingerprint density at radius 1 is 1.16 bits per heavy atom. The van der Waals surface area contributed by atoms with Crippen molar-refractivity contribution in [3.8, 4) is 0 Å². The molecule has 1 atom stereocenters. The number of amides is 1. The molecule has 2 aromatic carbocycles. The van der Waals surface area contributed by atoms with E-state index in [-0.39, 0.29) is 11.5 Å². The van der Waals surface area contributed by atoms with Crippen molar-refractivity contribution in [3.63, 3.8) is 0 Å². The monoisotopic (exact) mass is 443 g/mol. The third kappa shape index (κ3) is 4.19. The van der Waals surface area contributed by atoms with Crippen LogP contribution in [0.15, 0.2) is 42.6 Å². The Morgan fingerprint density at radius 2 is 1.94 bits per heavy atom. The third-order valence-corrected chi connectivity index (χ3v) is 5.97. The van der Waals surface area contributed by atoms with Crippen molar-refractivity contribution in [1.82, 2.24) is 15.1 Å². The smallest absolute Gasteiger partial charge is 0.362 e. The van der Waals surface area contributed by atoms with Crippen LogP contribution in [0.25, 0.3) is 10.8 Å². The molecule has 32 heavy (non-hydrogen) atoms. The average molecular weight is 443 g/mol. The predicted molar refractivity (Wildman–Crippen MR) is 118 cm³/mol. The quantitative estimate of drug-likeness (QED) is 0.647. The first-order valence-corrected chi connectivity index (χ1v) is 10.3. The first kappa shape index (κ1) is 21.9. The van der Waals surface area contributed by atoms with Crippen LogP contribution in [0.5, 0.6) is 0 Å². The molecule has 1 saturated heterocycles. The van der Waals surface area contributed by atoms with E-state index in [2.05, 4.69) is 15.5 Å². The first-order chi connectivity index (χ1) is 15.1. The van der Waals surface area contributed by atoms with Gasteiger partial charge in [0.1, 0.15) is 0 Å². The highest BCUT2D eigenvalue weighted by molar-refractivity contribution is 5.94. The zero-order valence-electron chi connectivity index (χ0n) is 18.1. The molecule has 1 fully saturated rings. The van der Waals surface area contributed by atoms with Crippen molar-refractivity contribution in [1.29, 1.82) is 0 Å². The number of hydrogen-bond acceptors (Lipinski definition) is 5. The number of piperazine rings is 1. The number of halogens is 3. The summed E-state index contributed by atoms with van der Waals surface area (Å²) in [6.07, 6.45) is -2.77. The van der Waals surface area contributed by atoms with Crippen molar-refractivity contribution in [3.05, 3.63) is 59.3 Å². The van der Waals surface area contributed by atoms with E-state index < -0.39 is 17.8 Å². The van der Waals surface area contributed by atoms with E-state index >= 15 is 0 Å². The maximum atomic E-state index is 13.3. The molecule has 0 spiro atoms. The average Bonchev–Trinajstić information content (AvgIpc) is 2.75. The van der Waals surface area contributed by atoms with Crippen LogP contribution in [-0.2, 0) is 11.0 Å². The number of nitrogens with one attached hydrogen (secondary N) is 1. The number of hydrogen-bond donors (Lipinski definition) is 1. The number of carbonyl (C=O) groups excluding carboxylic acids is 1. The lowest BCUT2D eigenvalue weighted by Crippen LogP contribution is -2.48. The molecule has 1 aliphatic rings. The van der Waals surface area contributed by atoms with Crippen LogP contribution in [0.4, 0.5) is 24.7 Å². The number of fused-ring (bicyclic) bond motifs is 1. The third-order valence-electron chi connectivity index (χ3n) is 5.97. The number of anilines is 2. The summed E-state index contributed by atoms with van der Waals surface area (Å²) in [6, 6.07) is 9.55. The summed E-state index contributed by atoms with van der Waals surface area (Å²) >= 11 is 0. The minimum Gasteiger partial charge on any atom is -0.362 e. The number of likely N-dealkylation sites (N-methyl/N-ethyl adjacent to an activating group) is 1. The Balaban J connectivity index is 1.66. The highest BCUT2D eigenvalue weighted by Gasteiger charge is 2.33. The highest BCUT2D eigenvalue weighted by atomic mass is 19.4. The summed E-state index contributed by atoms with van der Waals surface area (Å²) in [6.45, 7) is 4.93. The fraction of sp³-hybridized carbons (Fsp3) is 0.348. The summed E-state index contributed by atoms with van der Waals surface area (Å²) in [5.41, 5.74) is 0.969. The van der Waals surface area contributed by atoms with Crippen LogP contribution in [0, 0.1) is 6.92 Å². The van der Waals surface area contributed by atoms with Crippen LogP contribution in [0.1, 0.15) is 29.7 Å². The Kier molecular flexibility index (Phi) is 5.66. The normalized spacial score (nSPS) is 15.9. The van der Waals surface area contributed by atoms with Crippen molar-refractivity contribution in [2.45, 2.75) is 26.1 Å². The maximum Gasteiger partial charge on any atom is 0.416 e. The number of alkyl halides is 3. The molecule has 0 unspecified atom stereocenters. The fourth-order valence-electron chi connectivity index (χ4n) is 4.06. The predicted octanol–water partition coefficient (Wildman–Crippen LogP) is 4.41. The lowest BCUT2D eigenvalue weighted by molar-refractivity contribution is -0.138. The SMILES string of the molecule is Cc1c([C@@H](C)Nc2nncc3ccc(N4CCN(C)C(=O)C4)cc23)cccc1C(F)(F)F. The fourth-order valence-corrected chi connectivity index (χ4v) is 4.06. The Bertz CT molecular complexity index is 1160. The van der Waals surface area contributed by atoms with Gasteiger partial charge >= 0.3 is 6.18 Å². The topological polar surface area (TPSA) is 61.4 Å². The van der Waals surface area contributed by atoms with Gasteiger partial charge in [0, 0.05) is 36.6 Å². The number of carbonyl (C=O) groups is 1. The molecule has 0 radical (unpaired) electrons. The maximum absolute atomic E-state index is 13.3. The minimum absolute atomic E-state index is 0.0520. The molecule has 0 saturated carbocycles. The van der Waals surface area contributed by atoms with E-state index in [9.17, 15) is 18.0 Å². The van der Waals surface area contributed by atoms with Gasteiger partial charge in [-0.2, -0.15) is 18.3 Å².